The van der Waals surface area contributed by atoms with Crippen LogP contribution in [-0.2, 0) is 4.79 Å². The molecule has 0 saturated heterocycles. The Labute approximate surface area is 104 Å². The van der Waals surface area contributed by atoms with Crippen LogP contribution in [0.3, 0.4) is 0 Å². The third-order valence-electron chi connectivity index (χ3n) is 3.98. The van der Waals surface area contributed by atoms with Gasteiger partial charge in [0.25, 0.3) is 0 Å². The van der Waals surface area contributed by atoms with Gasteiger partial charge in [0.2, 0.25) is 0 Å². The first kappa shape index (κ1) is 12.3. The molecule has 1 aliphatic rings. The number of Topliss-reactive ketones (excluding diaryl/α,β-unsaturated/α-hetero) is 1. The quantitative estimate of drug-likeness (QED) is 0.796. The summed E-state index contributed by atoms with van der Waals surface area (Å²) in [6, 6.07) is 11.6. The van der Waals surface area contributed by atoms with E-state index in [0.29, 0.717) is 17.9 Å². The minimum Gasteiger partial charge on any atom is -0.300 e. The summed E-state index contributed by atoms with van der Waals surface area (Å²) in [6.07, 6.45) is 3.56. The van der Waals surface area contributed by atoms with Gasteiger partial charge in [-0.05, 0) is 32.4 Å². The summed E-state index contributed by atoms with van der Waals surface area (Å²) in [4.78, 5) is 13.7. The van der Waals surface area contributed by atoms with Crippen molar-refractivity contribution in [2.45, 2.75) is 44.7 Å². The summed E-state index contributed by atoms with van der Waals surface area (Å²) in [5, 5.41) is 0. The fourth-order valence-electron chi connectivity index (χ4n) is 2.61. The molecule has 0 spiro atoms. The SMILES string of the molecule is CC(c1ccccc1)N(C)C1CCC(=O)CC1. The van der Waals surface area contributed by atoms with E-state index in [9.17, 15) is 4.79 Å². The van der Waals surface area contributed by atoms with E-state index in [1.807, 2.05) is 0 Å². The largest absolute Gasteiger partial charge is 0.300 e. The van der Waals surface area contributed by atoms with Crippen LogP contribution in [0.4, 0.5) is 0 Å². The number of rotatable bonds is 3. The van der Waals surface area contributed by atoms with Crippen LogP contribution >= 0.6 is 0 Å². The van der Waals surface area contributed by atoms with Crippen LogP contribution in [0.25, 0.3) is 0 Å². The molecule has 1 fully saturated rings. The number of nitrogens with zero attached hydrogens (tertiary/aromatic N) is 1. The second kappa shape index (κ2) is 5.46. The summed E-state index contributed by atoms with van der Waals surface area (Å²) in [6.45, 7) is 2.24. The minimum atomic E-state index is 0.425. The van der Waals surface area contributed by atoms with Crippen molar-refractivity contribution in [2.75, 3.05) is 7.05 Å². The maximum atomic E-state index is 11.3. The fourth-order valence-corrected chi connectivity index (χ4v) is 2.61. The van der Waals surface area contributed by atoms with Gasteiger partial charge in [0.05, 0.1) is 0 Å². The number of benzene rings is 1. The second-order valence-electron chi connectivity index (χ2n) is 5.02. The Kier molecular flexibility index (Phi) is 3.95. The molecule has 1 saturated carbocycles. The number of hydrogen-bond donors (Lipinski definition) is 0. The molecule has 1 aromatic rings. The Morgan fingerprint density at radius 1 is 1.18 bits per heavy atom. The lowest BCUT2D eigenvalue weighted by Gasteiger charge is -2.35. The van der Waals surface area contributed by atoms with Crippen LogP contribution in [0.5, 0.6) is 0 Å². The van der Waals surface area contributed by atoms with E-state index in [0.717, 1.165) is 25.7 Å². The van der Waals surface area contributed by atoms with Crippen LogP contribution in [0.1, 0.15) is 44.2 Å². The van der Waals surface area contributed by atoms with Crippen LogP contribution in [0.15, 0.2) is 30.3 Å². The van der Waals surface area contributed by atoms with Gasteiger partial charge in [0.15, 0.2) is 0 Å². The van der Waals surface area contributed by atoms with Gasteiger partial charge >= 0.3 is 0 Å². The van der Waals surface area contributed by atoms with Crippen molar-refractivity contribution >= 4 is 5.78 Å². The van der Waals surface area contributed by atoms with E-state index >= 15 is 0 Å². The monoisotopic (exact) mass is 231 g/mol. The topological polar surface area (TPSA) is 20.3 Å². The van der Waals surface area contributed by atoms with Gasteiger partial charge in [0.1, 0.15) is 5.78 Å². The Balaban J connectivity index is 2.00. The average molecular weight is 231 g/mol. The molecule has 1 unspecified atom stereocenters. The molecule has 0 aliphatic heterocycles. The van der Waals surface area contributed by atoms with Gasteiger partial charge in [-0.3, -0.25) is 9.69 Å². The van der Waals surface area contributed by atoms with Gasteiger partial charge in [-0.25, -0.2) is 0 Å². The van der Waals surface area contributed by atoms with E-state index in [-0.39, 0.29) is 0 Å². The van der Waals surface area contributed by atoms with Crippen molar-refractivity contribution in [3.63, 3.8) is 0 Å². The van der Waals surface area contributed by atoms with Crippen molar-refractivity contribution in [3.05, 3.63) is 35.9 Å². The van der Waals surface area contributed by atoms with Crippen LogP contribution in [0, 0.1) is 0 Å². The van der Waals surface area contributed by atoms with Crippen LogP contribution in [-0.4, -0.2) is 23.8 Å². The standard InChI is InChI=1S/C15H21NO/c1-12(13-6-4-3-5-7-13)16(2)14-8-10-15(17)11-9-14/h3-7,12,14H,8-11H2,1-2H3. The van der Waals surface area contributed by atoms with Gasteiger partial charge in [-0.1, -0.05) is 30.3 Å². The van der Waals surface area contributed by atoms with Crippen molar-refractivity contribution in [1.29, 1.82) is 0 Å². The highest BCUT2D eigenvalue weighted by molar-refractivity contribution is 5.79. The predicted octanol–water partition coefficient (Wildman–Crippen LogP) is 3.19. The zero-order chi connectivity index (χ0) is 12.3. The molecule has 0 amide bonds. The first-order chi connectivity index (χ1) is 8.18. The van der Waals surface area contributed by atoms with Gasteiger partial charge in [-0.15, -0.1) is 0 Å². The first-order valence-corrected chi connectivity index (χ1v) is 6.47. The van der Waals surface area contributed by atoms with Crippen LogP contribution in [0.2, 0.25) is 0 Å². The van der Waals surface area contributed by atoms with Gasteiger partial charge in [0, 0.05) is 24.9 Å². The first-order valence-electron chi connectivity index (χ1n) is 6.47. The lowest BCUT2D eigenvalue weighted by molar-refractivity contribution is -0.121. The fraction of sp³-hybridized carbons (Fsp3) is 0.533. The zero-order valence-corrected chi connectivity index (χ0v) is 10.7. The summed E-state index contributed by atoms with van der Waals surface area (Å²) < 4.78 is 0. The zero-order valence-electron chi connectivity index (χ0n) is 10.7. The molecule has 1 atom stereocenters. The molecule has 1 aromatic carbocycles. The maximum Gasteiger partial charge on any atom is 0.133 e. The predicted molar refractivity (Wildman–Crippen MR) is 69.9 cm³/mol. The molecule has 92 valence electrons. The Bertz CT molecular complexity index is 364. The molecule has 2 rings (SSSR count). The Morgan fingerprint density at radius 2 is 1.76 bits per heavy atom. The highest BCUT2D eigenvalue weighted by atomic mass is 16.1. The molecule has 0 N–H and O–H groups in total. The van der Waals surface area contributed by atoms with E-state index in [2.05, 4.69) is 49.2 Å². The third kappa shape index (κ3) is 2.95. The normalized spacial score (nSPS) is 19.6. The van der Waals surface area contributed by atoms with Crippen molar-refractivity contribution in [3.8, 4) is 0 Å². The highest BCUT2D eigenvalue weighted by Gasteiger charge is 2.25. The molecule has 17 heavy (non-hydrogen) atoms. The number of carbonyl (C=O) groups is 1. The molecule has 0 bridgehead atoms. The van der Waals surface area contributed by atoms with E-state index in [1.54, 1.807) is 0 Å². The number of hydrogen-bond acceptors (Lipinski definition) is 2. The van der Waals surface area contributed by atoms with Crippen LogP contribution < -0.4 is 0 Å². The van der Waals surface area contributed by atoms with E-state index in [1.165, 1.54) is 5.56 Å². The third-order valence-corrected chi connectivity index (χ3v) is 3.98. The number of ketones is 1. The van der Waals surface area contributed by atoms with Gasteiger partial charge in [-0.2, -0.15) is 0 Å². The smallest absolute Gasteiger partial charge is 0.133 e. The molecule has 0 aromatic heterocycles. The minimum absolute atomic E-state index is 0.425. The summed E-state index contributed by atoms with van der Waals surface area (Å²) in [5.74, 6) is 0.432. The second-order valence-corrected chi connectivity index (χ2v) is 5.02. The molecular weight excluding hydrogens is 210 g/mol. The molecule has 0 radical (unpaired) electrons. The summed E-state index contributed by atoms with van der Waals surface area (Å²) in [5.41, 5.74) is 1.35. The Morgan fingerprint density at radius 3 is 2.35 bits per heavy atom. The molecule has 2 nitrogen and oxygen atoms in total. The van der Waals surface area contributed by atoms with Crippen molar-refractivity contribution in [1.82, 2.24) is 4.90 Å². The molecule has 0 heterocycles. The molecular formula is C15H21NO. The molecule has 2 heteroatoms. The van der Waals surface area contributed by atoms with E-state index in [4.69, 9.17) is 0 Å². The number of carbonyl (C=O) groups excluding carboxylic acids is 1. The average Bonchev–Trinajstić information content (AvgIpc) is 2.39. The van der Waals surface area contributed by atoms with Gasteiger partial charge < -0.3 is 0 Å². The summed E-state index contributed by atoms with van der Waals surface area (Å²) in [7, 11) is 2.18. The van der Waals surface area contributed by atoms with E-state index < -0.39 is 0 Å². The van der Waals surface area contributed by atoms with Crippen molar-refractivity contribution < 1.29 is 4.79 Å². The summed E-state index contributed by atoms with van der Waals surface area (Å²) >= 11 is 0. The molecule has 1 aliphatic carbocycles. The Hall–Kier alpha value is -1.15. The van der Waals surface area contributed by atoms with Crippen molar-refractivity contribution in [2.24, 2.45) is 0 Å². The maximum absolute atomic E-state index is 11.3. The highest BCUT2D eigenvalue weighted by Crippen LogP contribution is 2.27. The lowest BCUT2D eigenvalue weighted by Crippen LogP contribution is -2.37. The lowest BCUT2D eigenvalue weighted by atomic mass is 9.92.